The number of likely N-dealkylation sites (N-methyl/N-ethyl adjacent to an activating group) is 1. The first kappa shape index (κ1) is 15.0. The van der Waals surface area contributed by atoms with E-state index in [9.17, 15) is 4.39 Å². The van der Waals surface area contributed by atoms with Crippen molar-refractivity contribution < 1.29 is 4.39 Å². The van der Waals surface area contributed by atoms with Crippen LogP contribution in [0.4, 0.5) is 4.39 Å². The van der Waals surface area contributed by atoms with Crippen LogP contribution in [0, 0.1) is 12.7 Å². The fourth-order valence-electron chi connectivity index (χ4n) is 2.39. The molecule has 3 nitrogen and oxygen atoms in total. The molecule has 1 aromatic heterocycles. The highest BCUT2D eigenvalue weighted by molar-refractivity contribution is 6.31. The summed E-state index contributed by atoms with van der Waals surface area (Å²) in [6.07, 6.45) is 0.717. The molecule has 0 saturated carbocycles. The van der Waals surface area contributed by atoms with Crippen molar-refractivity contribution in [1.29, 1.82) is 0 Å². The van der Waals surface area contributed by atoms with Crippen molar-refractivity contribution >= 4 is 11.6 Å². The lowest BCUT2D eigenvalue weighted by Crippen LogP contribution is -2.24. The zero-order chi connectivity index (χ0) is 14.7. The van der Waals surface area contributed by atoms with Crippen LogP contribution in [-0.2, 0) is 13.5 Å². The van der Waals surface area contributed by atoms with Crippen LogP contribution in [0.5, 0.6) is 0 Å². The molecule has 2 aromatic rings. The third-order valence-corrected chi connectivity index (χ3v) is 3.72. The fourth-order valence-corrected chi connectivity index (χ4v) is 2.65. The third-order valence-electron chi connectivity index (χ3n) is 3.32. The molecular formula is C15H19ClFN3. The quantitative estimate of drug-likeness (QED) is 0.916. The van der Waals surface area contributed by atoms with E-state index in [1.165, 1.54) is 6.07 Å². The predicted molar refractivity (Wildman–Crippen MR) is 79.5 cm³/mol. The average molecular weight is 296 g/mol. The van der Waals surface area contributed by atoms with Crippen LogP contribution in [0.25, 0.3) is 0 Å². The van der Waals surface area contributed by atoms with Gasteiger partial charge >= 0.3 is 0 Å². The minimum atomic E-state index is -0.381. The molecule has 20 heavy (non-hydrogen) atoms. The largest absolute Gasteiger partial charge is 0.310 e. The van der Waals surface area contributed by atoms with E-state index in [1.54, 1.807) is 6.07 Å². The Kier molecular flexibility index (Phi) is 4.78. The van der Waals surface area contributed by atoms with E-state index in [2.05, 4.69) is 10.4 Å². The summed E-state index contributed by atoms with van der Waals surface area (Å²) in [5, 5.41) is 7.89. The topological polar surface area (TPSA) is 29.9 Å². The molecule has 0 spiro atoms. The van der Waals surface area contributed by atoms with Crippen molar-refractivity contribution in [2.45, 2.75) is 26.3 Å². The lowest BCUT2D eigenvalue weighted by molar-refractivity contribution is 0.524. The molecule has 0 radical (unpaired) electrons. The third kappa shape index (κ3) is 3.19. The van der Waals surface area contributed by atoms with Crippen molar-refractivity contribution in [3.63, 3.8) is 0 Å². The van der Waals surface area contributed by atoms with Gasteiger partial charge in [-0.2, -0.15) is 5.10 Å². The second-order valence-electron chi connectivity index (χ2n) is 4.86. The van der Waals surface area contributed by atoms with E-state index in [1.807, 2.05) is 37.7 Å². The number of nitrogens with zero attached hydrogens (tertiary/aromatic N) is 2. The molecule has 0 fully saturated rings. The van der Waals surface area contributed by atoms with Gasteiger partial charge in [0.25, 0.3) is 0 Å². The number of rotatable bonds is 5. The van der Waals surface area contributed by atoms with Crippen molar-refractivity contribution in [2.75, 3.05) is 6.54 Å². The number of benzene rings is 1. The smallest absolute Gasteiger partial charge is 0.142 e. The minimum Gasteiger partial charge on any atom is -0.310 e. The van der Waals surface area contributed by atoms with E-state index >= 15 is 0 Å². The molecule has 0 aliphatic carbocycles. The van der Waals surface area contributed by atoms with E-state index in [0.29, 0.717) is 6.42 Å². The number of aryl methyl sites for hydroxylation is 2. The zero-order valence-corrected chi connectivity index (χ0v) is 12.7. The molecule has 0 amide bonds. The van der Waals surface area contributed by atoms with Gasteiger partial charge in [0.05, 0.1) is 10.7 Å². The molecule has 0 aliphatic rings. The van der Waals surface area contributed by atoms with Gasteiger partial charge in [0.15, 0.2) is 0 Å². The first-order chi connectivity index (χ1) is 9.52. The Morgan fingerprint density at radius 3 is 2.80 bits per heavy atom. The van der Waals surface area contributed by atoms with E-state index < -0.39 is 0 Å². The van der Waals surface area contributed by atoms with Crippen LogP contribution in [0.2, 0.25) is 5.02 Å². The van der Waals surface area contributed by atoms with Crippen LogP contribution in [0.1, 0.15) is 29.9 Å². The van der Waals surface area contributed by atoms with Gasteiger partial charge < -0.3 is 5.32 Å². The van der Waals surface area contributed by atoms with E-state index in [4.69, 9.17) is 11.6 Å². The van der Waals surface area contributed by atoms with Crippen LogP contribution in [0.15, 0.2) is 24.3 Å². The highest BCUT2D eigenvalue weighted by Crippen LogP contribution is 2.28. The summed E-state index contributed by atoms with van der Waals surface area (Å²) in [5.74, 6) is -0.381. The Morgan fingerprint density at radius 2 is 2.20 bits per heavy atom. The first-order valence-electron chi connectivity index (χ1n) is 6.69. The van der Waals surface area contributed by atoms with Gasteiger partial charge in [-0.3, -0.25) is 4.68 Å². The van der Waals surface area contributed by atoms with Crippen LogP contribution in [0.3, 0.4) is 0 Å². The molecular weight excluding hydrogens is 277 g/mol. The SMILES string of the molecule is CCNC(Cc1cc(C)nn1C)c1cccc(F)c1Cl. The lowest BCUT2D eigenvalue weighted by atomic mass is 10.0. The zero-order valence-electron chi connectivity index (χ0n) is 12.0. The Morgan fingerprint density at radius 1 is 1.45 bits per heavy atom. The van der Waals surface area contributed by atoms with Crippen molar-refractivity contribution in [2.24, 2.45) is 7.05 Å². The summed E-state index contributed by atoms with van der Waals surface area (Å²) in [6.45, 7) is 4.77. The summed E-state index contributed by atoms with van der Waals surface area (Å²) >= 11 is 6.10. The summed E-state index contributed by atoms with van der Waals surface area (Å²) in [7, 11) is 1.92. The molecule has 1 heterocycles. The summed E-state index contributed by atoms with van der Waals surface area (Å²) in [5.41, 5.74) is 2.85. The van der Waals surface area contributed by atoms with E-state index in [-0.39, 0.29) is 16.9 Å². The maximum absolute atomic E-state index is 13.6. The number of aromatic nitrogens is 2. The lowest BCUT2D eigenvalue weighted by Gasteiger charge is -2.20. The maximum Gasteiger partial charge on any atom is 0.142 e. The number of hydrogen-bond acceptors (Lipinski definition) is 2. The highest BCUT2D eigenvalue weighted by Gasteiger charge is 2.18. The second kappa shape index (κ2) is 6.37. The van der Waals surface area contributed by atoms with Crippen LogP contribution < -0.4 is 5.32 Å². The van der Waals surface area contributed by atoms with Crippen LogP contribution >= 0.6 is 11.6 Å². The number of nitrogens with one attached hydrogen (secondary N) is 1. The number of halogens is 2. The Balaban J connectivity index is 2.31. The molecule has 1 N–H and O–H groups in total. The van der Waals surface area contributed by atoms with Gasteiger partial charge in [-0.1, -0.05) is 30.7 Å². The first-order valence-corrected chi connectivity index (χ1v) is 7.07. The van der Waals surface area contributed by atoms with Crippen molar-refractivity contribution in [1.82, 2.24) is 15.1 Å². The molecule has 1 unspecified atom stereocenters. The predicted octanol–water partition coefficient (Wildman–Crippen LogP) is 3.41. The summed E-state index contributed by atoms with van der Waals surface area (Å²) in [6, 6.07) is 6.94. The van der Waals surface area contributed by atoms with Gasteiger partial charge in [0.1, 0.15) is 5.82 Å². The Bertz CT molecular complexity index is 595. The normalized spacial score (nSPS) is 12.7. The molecule has 1 aromatic carbocycles. The minimum absolute atomic E-state index is 0.0296. The number of hydrogen-bond donors (Lipinski definition) is 1. The molecule has 108 valence electrons. The molecule has 0 saturated heterocycles. The van der Waals surface area contributed by atoms with Gasteiger partial charge in [-0.25, -0.2) is 4.39 Å². The molecule has 0 aliphatic heterocycles. The Hall–Kier alpha value is -1.39. The van der Waals surface area contributed by atoms with E-state index in [0.717, 1.165) is 23.5 Å². The average Bonchev–Trinajstić information content (AvgIpc) is 2.71. The monoisotopic (exact) mass is 295 g/mol. The van der Waals surface area contributed by atoms with Gasteiger partial charge in [0, 0.05) is 25.2 Å². The van der Waals surface area contributed by atoms with Gasteiger partial charge in [-0.05, 0) is 31.2 Å². The Labute approximate surface area is 123 Å². The van der Waals surface area contributed by atoms with Gasteiger partial charge in [-0.15, -0.1) is 0 Å². The maximum atomic E-state index is 13.6. The highest BCUT2D eigenvalue weighted by atomic mass is 35.5. The molecule has 1 atom stereocenters. The fraction of sp³-hybridized carbons (Fsp3) is 0.400. The second-order valence-corrected chi connectivity index (χ2v) is 5.24. The standard InChI is InChI=1S/C15H19ClFN3/c1-4-18-14(9-11-8-10(2)19-20(11)3)12-6-5-7-13(17)15(12)16/h5-8,14,18H,4,9H2,1-3H3. The van der Waals surface area contributed by atoms with Gasteiger partial charge in [0.2, 0.25) is 0 Å². The van der Waals surface area contributed by atoms with Crippen molar-refractivity contribution in [3.8, 4) is 0 Å². The molecule has 5 heteroatoms. The molecule has 0 bridgehead atoms. The van der Waals surface area contributed by atoms with Crippen molar-refractivity contribution in [3.05, 3.63) is 52.1 Å². The summed E-state index contributed by atoms with van der Waals surface area (Å²) in [4.78, 5) is 0. The summed E-state index contributed by atoms with van der Waals surface area (Å²) < 4.78 is 15.5. The molecule has 2 rings (SSSR count). The van der Waals surface area contributed by atoms with Crippen LogP contribution in [-0.4, -0.2) is 16.3 Å².